The molecule has 1 aromatic carbocycles. The van der Waals surface area contributed by atoms with Gasteiger partial charge in [-0.3, -0.25) is 0 Å². The predicted molar refractivity (Wildman–Crippen MR) is 73.7 cm³/mol. The summed E-state index contributed by atoms with van der Waals surface area (Å²) in [7, 11) is 3.28. The van der Waals surface area contributed by atoms with Crippen molar-refractivity contribution in [3.05, 3.63) is 18.2 Å². The molecular formula is C14H23NO3. The highest BCUT2D eigenvalue weighted by Gasteiger charge is 2.09. The average molecular weight is 253 g/mol. The summed E-state index contributed by atoms with van der Waals surface area (Å²) >= 11 is 0. The van der Waals surface area contributed by atoms with Crippen LogP contribution >= 0.6 is 0 Å². The molecule has 102 valence electrons. The van der Waals surface area contributed by atoms with Gasteiger partial charge in [-0.15, -0.1) is 0 Å². The van der Waals surface area contributed by atoms with Gasteiger partial charge in [0.25, 0.3) is 0 Å². The summed E-state index contributed by atoms with van der Waals surface area (Å²) in [5, 5.41) is 3.28. The van der Waals surface area contributed by atoms with Gasteiger partial charge >= 0.3 is 0 Å². The van der Waals surface area contributed by atoms with Crippen LogP contribution in [0.15, 0.2) is 18.2 Å². The van der Waals surface area contributed by atoms with E-state index in [1.54, 1.807) is 14.2 Å². The van der Waals surface area contributed by atoms with Crippen LogP contribution in [0.1, 0.15) is 20.8 Å². The van der Waals surface area contributed by atoms with E-state index in [1.807, 2.05) is 39.0 Å². The van der Waals surface area contributed by atoms with Crippen molar-refractivity contribution in [1.82, 2.24) is 0 Å². The molecule has 0 atom stereocenters. The lowest BCUT2D eigenvalue weighted by molar-refractivity contribution is 0.00333. The molecule has 1 rings (SSSR count). The third kappa shape index (κ3) is 4.84. The molecule has 0 spiro atoms. The van der Waals surface area contributed by atoms with Crippen molar-refractivity contribution in [2.45, 2.75) is 26.4 Å². The first-order chi connectivity index (χ1) is 8.46. The zero-order chi connectivity index (χ0) is 13.6. The minimum absolute atomic E-state index is 0.105. The molecule has 0 saturated carbocycles. The Morgan fingerprint density at radius 3 is 2.39 bits per heavy atom. The second kappa shape index (κ2) is 6.50. The second-order valence-electron chi connectivity index (χ2n) is 4.95. The van der Waals surface area contributed by atoms with Crippen molar-refractivity contribution in [3.63, 3.8) is 0 Å². The lowest BCUT2D eigenvalue weighted by Gasteiger charge is -2.20. The third-order valence-electron chi connectivity index (χ3n) is 2.36. The number of nitrogens with one attached hydrogen (secondary N) is 1. The summed E-state index contributed by atoms with van der Waals surface area (Å²) < 4.78 is 16.1. The topological polar surface area (TPSA) is 39.7 Å². The fourth-order valence-electron chi connectivity index (χ4n) is 1.49. The number of benzene rings is 1. The summed E-state index contributed by atoms with van der Waals surface area (Å²) in [5.41, 5.74) is 0.835. The molecule has 0 bridgehead atoms. The molecule has 4 heteroatoms. The quantitative estimate of drug-likeness (QED) is 0.791. The van der Waals surface area contributed by atoms with Crippen LogP contribution in [0.5, 0.6) is 11.5 Å². The fourth-order valence-corrected chi connectivity index (χ4v) is 1.49. The Bertz CT molecular complexity index is 372. The average Bonchev–Trinajstić information content (AvgIpc) is 2.33. The van der Waals surface area contributed by atoms with Crippen molar-refractivity contribution in [1.29, 1.82) is 0 Å². The van der Waals surface area contributed by atoms with Crippen molar-refractivity contribution in [3.8, 4) is 11.5 Å². The highest BCUT2D eigenvalue weighted by atomic mass is 16.5. The Morgan fingerprint density at radius 2 is 1.83 bits per heavy atom. The van der Waals surface area contributed by atoms with Crippen molar-refractivity contribution in [2.75, 3.05) is 32.7 Å². The standard InChI is InChI=1S/C14H23NO3/c1-14(2,3)18-9-8-15-12-7-6-11(16-4)10-13(12)17-5/h6-7,10,15H,8-9H2,1-5H3. The molecule has 0 saturated heterocycles. The van der Waals surface area contributed by atoms with E-state index in [0.29, 0.717) is 6.61 Å². The maximum absolute atomic E-state index is 5.64. The summed E-state index contributed by atoms with van der Waals surface area (Å²) in [6.45, 7) is 7.52. The SMILES string of the molecule is COc1ccc(NCCOC(C)(C)C)c(OC)c1. The third-order valence-corrected chi connectivity index (χ3v) is 2.36. The number of hydrogen-bond donors (Lipinski definition) is 1. The summed E-state index contributed by atoms with van der Waals surface area (Å²) in [6.07, 6.45) is 0. The van der Waals surface area contributed by atoms with Crippen LogP contribution in [0.3, 0.4) is 0 Å². The molecule has 0 unspecified atom stereocenters. The Labute approximate surface area is 109 Å². The molecule has 18 heavy (non-hydrogen) atoms. The largest absolute Gasteiger partial charge is 0.497 e. The molecule has 0 fully saturated rings. The number of anilines is 1. The molecule has 0 radical (unpaired) electrons. The summed E-state index contributed by atoms with van der Waals surface area (Å²) in [6, 6.07) is 5.69. The van der Waals surface area contributed by atoms with Crippen molar-refractivity contribution >= 4 is 5.69 Å². The molecule has 0 aliphatic heterocycles. The molecule has 0 aliphatic rings. The van der Waals surface area contributed by atoms with Gasteiger partial charge in [0.2, 0.25) is 0 Å². The lowest BCUT2D eigenvalue weighted by atomic mass is 10.2. The van der Waals surface area contributed by atoms with Gasteiger partial charge in [-0.05, 0) is 32.9 Å². The molecule has 0 aromatic heterocycles. The van der Waals surface area contributed by atoms with Gasteiger partial charge in [0.1, 0.15) is 11.5 Å². The number of rotatable bonds is 6. The van der Waals surface area contributed by atoms with E-state index in [9.17, 15) is 0 Å². The molecular weight excluding hydrogens is 230 g/mol. The maximum Gasteiger partial charge on any atom is 0.145 e. The van der Waals surface area contributed by atoms with Gasteiger partial charge in [-0.25, -0.2) is 0 Å². The fraction of sp³-hybridized carbons (Fsp3) is 0.571. The van der Waals surface area contributed by atoms with Gasteiger partial charge in [0.15, 0.2) is 0 Å². The van der Waals surface area contributed by atoms with Crippen molar-refractivity contribution in [2.24, 2.45) is 0 Å². The zero-order valence-corrected chi connectivity index (χ0v) is 11.9. The Kier molecular flexibility index (Phi) is 5.28. The van der Waals surface area contributed by atoms with Gasteiger partial charge in [0, 0.05) is 12.6 Å². The van der Waals surface area contributed by atoms with Crippen LogP contribution in [0.25, 0.3) is 0 Å². The number of ether oxygens (including phenoxy) is 3. The number of methoxy groups -OCH3 is 2. The summed E-state index contributed by atoms with van der Waals surface area (Å²) in [5.74, 6) is 1.55. The van der Waals surface area contributed by atoms with E-state index in [-0.39, 0.29) is 5.60 Å². The Morgan fingerprint density at radius 1 is 1.11 bits per heavy atom. The van der Waals surface area contributed by atoms with Gasteiger partial charge in [-0.1, -0.05) is 0 Å². The highest BCUT2D eigenvalue weighted by Crippen LogP contribution is 2.28. The first kappa shape index (κ1) is 14.6. The first-order valence-corrected chi connectivity index (χ1v) is 6.06. The van der Waals surface area contributed by atoms with Crippen LogP contribution < -0.4 is 14.8 Å². The number of hydrogen-bond acceptors (Lipinski definition) is 4. The van der Waals surface area contributed by atoms with E-state index in [2.05, 4.69) is 5.32 Å². The van der Waals surface area contributed by atoms with Crippen LogP contribution in [0.2, 0.25) is 0 Å². The van der Waals surface area contributed by atoms with Crippen LogP contribution in [-0.2, 0) is 4.74 Å². The van der Waals surface area contributed by atoms with E-state index in [0.717, 1.165) is 23.7 Å². The lowest BCUT2D eigenvalue weighted by Crippen LogP contribution is -2.23. The zero-order valence-electron chi connectivity index (χ0n) is 11.9. The Hall–Kier alpha value is -1.42. The first-order valence-electron chi connectivity index (χ1n) is 6.06. The monoisotopic (exact) mass is 253 g/mol. The molecule has 0 aliphatic carbocycles. The van der Waals surface area contributed by atoms with E-state index in [4.69, 9.17) is 14.2 Å². The smallest absolute Gasteiger partial charge is 0.145 e. The van der Waals surface area contributed by atoms with Gasteiger partial charge < -0.3 is 19.5 Å². The molecule has 4 nitrogen and oxygen atoms in total. The molecule has 0 heterocycles. The highest BCUT2D eigenvalue weighted by molar-refractivity contribution is 5.59. The molecule has 1 aromatic rings. The molecule has 1 N–H and O–H groups in total. The normalized spacial score (nSPS) is 11.2. The van der Waals surface area contributed by atoms with E-state index >= 15 is 0 Å². The summed E-state index contributed by atoms with van der Waals surface area (Å²) in [4.78, 5) is 0. The van der Waals surface area contributed by atoms with Crippen LogP contribution in [-0.4, -0.2) is 33.0 Å². The minimum Gasteiger partial charge on any atom is -0.497 e. The van der Waals surface area contributed by atoms with Gasteiger partial charge in [0.05, 0.1) is 32.1 Å². The predicted octanol–water partition coefficient (Wildman–Crippen LogP) is 2.93. The van der Waals surface area contributed by atoms with Crippen molar-refractivity contribution < 1.29 is 14.2 Å². The molecule has 0 amide bonds. The van der Waals surface area contributed by atoms with Crippen LogP contribution in [0, 0.1) is 0 Å². The van der Waals surface area contributed by atoms with E-state index in [1.165, 1.54) is 0 Å². The Balaban J connectivity index is 2.51. The maximum atomic E-state index is 5.64. The van der Waals surface area contributed by atoms with Gasteiger partial charge in [-0.2, -0.15) is 0 Å². The van der Waals surface area contributed by atoms with Crippen LogP contribution in [0.4, 0.5) is 5.69 Å². The van der Waals surface area contributed by atoms with E-state index < -0.39 is 0 Å². The minimum atomic E-state index is -0.105. The second-order valence-corrected chi connectivity index (χ2v) is 4.95.